The zero-order valence-corrected chi connectivity index (χ0v) is 16.8. The van der Waals surface area contributed by atoms with Crippen LogP contribution >= 0.6 is 27.5 Å². The number of nitrogens with one attached hydrogen (secondary N) is 1. The molecular formula is C18H12BrClN6O2. The Balaban J connectivity index is 1.55. The Morgan fingerprint density at radius 2 is 1.79 bits per heavy atom. The summed E-state index contributed by atoms with van der Waals surface area (Å²) < 4.78 is 8.05. The second-order valence-corrected chi connectivity index (χ2v) is 7.14. The number of amides is 1. The smallest absolute Gasteiger partial charge is 0.322 e. The minimum atomic E-state index is -0.357. The first kappa shape index (κ1) is 18.3. The van der Waals surface area contributed by atoms with E-state index in [9.17, 15) is 4.79 Å². The zero-order chi connectivity index (χ0) is 19.7. The molecule has 0 radical (unpaired) electrons. The molecule has 8 nitrogen and oxygen atoms in total. The maximum atomic E-state index is 12.3. The third-order valence-corrected chi connectivity index (χ3v) is 4.70. The first-order chi connectivity index (χ1) is 13.5. The van der Waals surface area contributed by atoms with Gasteiger partial charge >= 0.3 is 6.01 Å². The van der Waals surface area contributed by atoms with Crippen LogP contribution in [0.25, 0.3) is 17.3 Å². The van der Waals surface area contributed by atoms with Crippen LogP contribution in [0.5, 0.6) is 0 Å². The van der Waals surface area contributed by atoms with Gasteiger partial charge in [0.1, 0.15) is 0 Å². The second kappa shape index (κ2) is 7.53. The summed E-state index contributed by atoms with van der Waals surface area (Å²) in [5.74, 6) is -0.201. The maximum absolute atomic E-state index is 12.3. The number of hydrogen-bond acceptors (Lipinski definition) is 6. The number of hydrogen-bond donors (Lipinski definition) is 1. The Labute approximate surface area is 172 Å². The van der Waals surface area contributed by atoms with Gasteiger partial charge in [0.2, 0.25) is 0 Å². The highest BCUT2D eigenvalue weighted by atomic mass is 79.9. The molecule has 2 heterocycles. The molecule has 2 aromatic carbocycles. The quantitative estimate of drug-likeness (QED) is 0.489. The summed E-state index contributed by atoms with van der Waals surface area (Å²) in [4.78, 5) is 12.3. The Bertz CT molecular complexity index is 1140. The molecule has 2 aromatic heterocycles. The van der Waals surface area contributed by atoms with Crippen LogP contribution in [0, 0.1) is 6.92 Å². The molecule has 0 bridgehead atoms. The number of nitrogens with zero attached hydrogens (tertiary/aromatic N) is 5. The lowest BCUT2D eigenvalue weighted by molar-refractivity contribution is 0.102. The van der Waals surface area contributed by atoms with Gasteiger partial charge in [-0.3, -0.25) is 10.1 Å². The van der Waals surface area contributed by atoms with Crippen molar-refractivity contribution in [1.29, 1.82) is 0 Å². The van der Waals surface area contributed by atoms with Crippen LogP contribution < -0.4 is 5.32 Å². The second-order valence-electron chi connectivity index (χ2n) is 5.79. The molecule has 1 N–H and O–H groups in total. The van der Waals surface area contributed by atoms with Crippen molar-refractivity contribution < 1.29 is 9.21 Å². The number of anilines is 1. The SMILES string of the molecule is Cc1c(-c2nnc(NC(=O)c3ccc(Br)cc3)o2)nnn1-c1ccc(Cl)cc1. The van der Waals surface area contributed by atoms with Crippen LogP contribution in [0.4, 0.5) is 6.01 Å². The summed E-state index contributed by atoms with van der Waals surface area (Å²) in [6, 6.07) is 14.1. The fourth-order valence-electron chi connectivity index (χ4n) is 2.49. The van der Waals surface area contributed by atoms with E-state index in [4.69, 9.17) is 16.0 Å². The summed E-state index contributed by atoms with van der Waals surface area (Å²) in [6.45, 7) is 1.83. The normalized spacial score (nSPS) is 10.8. The minimum absolute atomic E-state index is 0.0247. The number of rotatable bonds is 4. The number of halogens is 2. The lowest BCUT2D eigenvalue weighted by atomic mass is 10.2. The molecule has 0 fully saturated rings. The van der Waals surface area contributed by atoms with Gasteiger partial charge in [0.15, 0.2) is 5.69 Å². The van der Waals surface area contributed by atoms with Crippen molar-refractivity contribution in [2.24, 2.45) is 0 Å². The van der Waals surface area contributed by atoms with E-state index in [1.165, 1.54) is 0 Å². The molecule has 4 rings (SSSR count). The molecule has 0 unspecified atom stereocenters. The Morgan fingerprint density at radius 1 is 1.07 bits per heavy atom. The van der Waals surface area contributed by atoms with Gasteiger partial charge in [-0.1, -0.05) is 37.8 Å². The summed E-state index contributed by atoms with van der Waals surface area (Å²) >= 11 is 9.25. The topological polar surface area (TPSA) is 98.7 Å². The molecule has 0 aliphatic heterocycles. The molecule has 0 saturated carbocycles. The summed E-state index contributed by atoms with van der Waals surface area (Å²) in [6.07, 6.45) is 0. The van der Waals surface area contributed by atoms with E-state index < -0.39 is 0 Å². The third kappa shape index (κ3) is 3.67. The number of aromatic nitrogens is 5. The van der Waals surface area contributed by atoms with Crippen LogP contribution in [-0.2, 0) is 0 Å². The monoisotopic (exact) mass is 458 g/mol. The molecule has 140 valence electrons. The Kier molecular flexibility index (Phi) is 4.93. The van der Waals surface area contributed by atoms with Crippen LogP contribution in [0.3, 0.4) is 0 Å². The summed E-state index contributed by atoms with van der Waals surface area (Å²) in [5, 5.41) is 19.2. The molecule has 0 aliphatic rings. The maximum Gasteiger partial charge on any atom is 0.322 e. The molecule has 4 aromatic rings. The number of benzene rings is 2. The van der Waals surface area contributed by atoms with E-state index in [0.29, 0.717) is 22.0 Å². The van der Waals surface area contributed by atoms with Crippen LogP contribution in [0.1, 0.15) is 16.1 Å². The van der Waals surface area contributed by atoms with Gasteiger partial charge in [-0.05, 0) is 55.5 Å². The molecular weight excluding hydrogens is 448 g/mol. The van der Waals surface area contributed by atoms with E-state index in [1.54, 1.807) is 41.1 Å². The van der Waals surface area contributed by atoms with E-state index in [0.717, 1.165) is 10.2 Å². The predicted molar refractivity (Wildman–Crippen MR) is 106 cm³/mol. The van der Waals surface area contributed by atoms with Crippen molar-refractivity contribution in [1.82, 2.24) is 25.2 Å². The molecule has 0 spiro atoms. The van der Waals surface area contributed by atoms with Crippen molar-refractivity contribution in [2.45, 2.75) is 6.92 Å². The number of carbonyl (C=O) groups is 1. The largest absolute Gasteiger partial charge is 0.401 e. The summed E-state index contributed by atoms with van der Waals surface area (Å²) in [7, 11) is 0. The van der Waals surface area contributed by atoms with E-state index in [1.807, 2.05) is 19.1 Å². The van der Waals surface area contributed by atoms with Crippen LogP contribution in [0.2, 0.25) is 5.02 Å². The van der Waals surface area contributed by atoms with Gasteiger partial charge in [0.25, 0.3) is 11.8 Å². The molecule has 28 heavy (non-hydrogen) atoms. The summed E-state index contributed by atoms with van der Waals surface area (Å²) in [5.41, 5.74) is 2.39. The standard InChI is InChI=1S/C18H12BrClN6O2/c1-10-15(22-25-26(10)14-8-6-13(20)7-9-14)17-23-24-18(28-17)21-16(27)11-2-4-12(19)5-3-11/h2-9H,1H3,(H,21,24,27). The molecule has 0 atom stereocenters. The first-order valence-corrected chi connectivity index (χ1v) is 9.27. The van der Waals surface area contributed by atoms with Gasteiger partial charge in [-0.2, -0.15) is 0 Å². The van der Waals surface area contributed by atoms with Gasteiger partial charge in [0, 0.05) is 15.1 Å². The van der Waals surface area contributed by atoms with Gasteiger partial charge in [-0.25, -0.2) is 4.68 Å². The van der Waals surface area contributed by atoms with Crippen molar-refractivity contribution in [3.63, 3.8) is 0 Å². The van der Waals surface area contributed by atoms with Crippen molar-refractivity contribution in [3.8, 4) is 17.3 Å². The highest BCUT2D eigenvalue weighted by molar-refractivity contribution is 9.10. The molecule has 0 saturated heterocycles. The number of carbonyl (C=O) groups excluding carboxylic acids is 1. The van der Waals surface area contributed by atoms with E-state index in [-0.39, 0.29) is 17.8 Å². The molecule has 10 heteroatoms. The first-order valence-electron chi connectivity index (χ1n) is 8.10. The Hall–Kier alpha value is -3.04. The average molecular weight is 460 g/mol. The van der Waals surface area contributed by atoms with Crippen LogP contribution in [-0.4, -0.2) is 31.1 Å². The zero-order valence-electron chi connectivity index (χ0n) is 14.4. The fourth-order valence-corrected chi connectivity index (χ4v) is 2.88. The van der Waals surface area contributed by atoms with Crippen molar-refractivity contribution in [2.75, 3.05) is 5.32 Å². The third-order valence-electron chi connectivity index (χ3n) is 3.92. The van der Waals surface area contributed by atoms with E-state index >= 15 is 0 Å². The predicted octanol–water partition coefficient (Wildman–Crippen LogP) is 4.29. The average Bonchev–Trinajstić information content (AvgIpc) is 3.29. The van der Waals surface area contributed by atoms with E-state index in [2.05, 4.69) is 41.8 Å². The lowest BCUT2D eigenvalue weighted by Gasteiger charge is -2.02. The highest BCUT2D eigenvalue weighted by Crippen LogP contribution is 2.24. The fraction of sp³-hybridized carbons (Fsp3) is 0.0556. The molecule has 0 aliphatic carbocycles. The highest BCUT2D eigenvalue weighted by Gasteiger charge is 2.19. The van der Waals surface area contributed by atoms with Crippen LogP contribution in [0.15, 0.2) is 57.4 Å². The van der Waals surface area contributed by atoms with Crippen molar-refractivity contribution in [3.05, 3.63) is 69.3 Å². The van der Waals surface area contributed by atoms with Gasteiger partial charge < -0.3 is 4.42 Å². The van der Waals surface area contributed by atoms with Gasteiger partial charge in [-0.15, -0.1) is 10.2 Å². The van der Waals surface area contributed by atoms with Crippen molar-refractivity contribution >= 4 is 39.5 Å². The molecule has 1 amide bonds. The van der Waals surface area contributed by atoms with Gasteiger partial charge in [0.05, 0.1) is 11.4 Å². The minimum Gasteiger partial charge on any atom is -0.401 e. The Morgan fingerprint density at radius 3 is 2.50 bits per heavy atom. The lowest BCUT2D eigenvalue weighted by Crippen LogP contribution is -2.11.